The number of sulfonamides is 1. The quantitative estimate of drug-likeness (QED) is 0.424. The predicted octanol–water partition coefficient (Wildman–Crippen LogP) is 4.80. The smallest absolute Gasteiger partial charge is 0.250 e. The van der Waals surface area contributed by atoms with Crippen molar-refractivity contribution in [2.45, 2.75) is 49.6 Å². The molecule has 1 amide bonds. The van der Waals surface area contributed by atoms with Crippen molar-refractivity contribution in [2.24, 2.45) is 0 Å². The van der Waals surface area contributed by atoms with Crippen LogP contribution in [0.25, 0.3) is 0 Å². The maximum absolute atomic E-state index is 13.8. The Kier molecular flexibility index (Phi) is 7.88. The molecule has 194 valence electrons. The van der Waals surface area contributed by atoms with E-state index >= 15 is 0 Å². The van der Waals surface area contributed by atoms with Gasteiger partial charge in [-0.2, -0.15) is 0 Å². The summed E-state index contributed by atoms with van der Waals surface area (Å²) in [4.78, 5) is 14.9. The Morgan fingerprint density at radius 3 is 2.51 bits per heavy atom. The molecule has 1 unspecified atom stereocenters. The van der Waals surface area contributed by atoms with Crippen LogP contribution in [-0.2, 0) is 32.6 Å². The van der Waals surface area contributed by atoms with E-state index < -0.39 is 10.0 Å². The number of rotatable bonds is 9. The predicted molar refractivity (Wildman–Crippen MR) is 145 cm³/mol. The molecule has 3 aromatic rings. The Bertz CT molecular complexity index is 1340. The fraction of sp³-hybridized carbons (Fsp3) is 0.345. The highest BCUT2D eigenvalue weighted by atomic mass is 32.2. The number of amides is 1. The van der Waals surface area contributed by atoms with Gasteiger partial charge in [-0.25, -0.2) is 13.1 Å². The summed E-state index contributed by atoms with van der Waals surface area (Å²) in [5.41, 5.74) is 4.32. The summed E-state index contributed by atoms with van der Waals surface area (Å²) in [6, 6.07) is 22.5. The number of ether oxygens (including phenoxy) is 1. The van der Waals surface area contributed by atoms with Crippen LogP contribution in [0.15, 0.2) is 77.7 Å². The minimum absolute atomic E-state index is 0.123. The van der Waals surface area contributed by atoms with Crippen molar-refractivity contribution in [3.63, 3.8) is 0 Å². The summed E-state index contributed by atoms with van der Waals surface area (Å²) in [7, 11) is -3.86. The first kappa shape index (κ1) is 25.4. The molecular weight excluding hydrogens is 486 g/mol. The molecule has 3 aromatic carbocycles. The lowest BCUT2D eigenvalue weighted by molar-refractivity contribution is -0.121. The summed E-state index contributed by atoms with van der Waals surface area (Å²) in [6.07, 6.45) is 4.70. The molecule has 1 aliphatic carbocycles. The molecular formula is C29H33N3O4S. The van der Waals surface area contributed by atoms with E-state index in [-0.39, 0.29) is 23.5 Å². The van der Waals surface area contributed by atoms with Crippen molar-refractivity contribution in [1.82, 2.24) is 4.72 Å². The Balaban J connectivity index is 1.34. The highest BCUT2D eigenvalue weighted by Gasteiger charge is 2.29. The van der Waals surface area contributed by atoms with Gasteiger partial charge >= 0.3 is 0 Å². The van der Waals surface area contributed by atoms with E-state index in [9.17, 15) is 13.2 Å². The largest absolute Gasteiger partial charge is 0.370 e. The van der Waals surface area contributed by atoms with E-state index in [0.29, 0.717) is 18.0 Å². The first-order chi connectivity index (χ1) is 18.0. The standard InChI is InChI=1S/C29H33N3O4S/c33-29(21-36-20-22-9-2-1-3-10-22)30-24-15-16-27(32-17-6-7-18-32)28(19-24)37(34,35)31-26-14-8-12-23-11-4-5-13-25(23)26/h1-5,9-11,13,15-16,19,26,31H,6-8,12,14,17-18,20-21H2,(H,30,33). The van der Waals surface area contributed by atoms with Crippen LogP contribution in [0.5, 0.6) is 0 Å². The average molecular weight is 520 g/mol. The number of nitrogens with zero attached hydrogens (tertiary/aromatic N) is 1. The number of hydrogen-bond donors (Lipinski definition) is 2. The van der Waals surface area contributed by atoms with Crippen LogP contribution in [0.4, 0.5) is 11.4 Å². The molecule has 1 heterocycles. The molecule has 1 fully saturated rings. The molecule has 0 bridgehead atoms. The Morgan fingerprint density at radius 1 is 0.946 bits per heavy atom. The van der Waals surface area contributed by atoms with Gasteiger partial charge in [-0.05, 0) is 67.0 Å². The second-order valence-electron chi connectivity index (χ2n) is 9.67. The van der Waals surface area contributed by atoms with Crippen LogP contribution in [-0.4, -0.2) is 34.0 Å². The zero-order chi connectivity index (χ0) is 25.7. The van der Waals surface area contributed by atoms with Crippen LogP contribution in [0.1, 0.15) is 48.4 Å². The molecule has 1 saturated heterocycles. The second-order valence-corrected chi connectivity index (χ2v) is 11.4. The van der Waals surface area contributed by atoms with Gasteiger partial charge in [-0.15, -0.1) is 0 Å². The van der Waals surface area contributed by atoms with Gasteiger partial charge in [-0.1, -0.05) is 54.6 Å². The van der Waals surface area contributed by atoms with Gasteiger partial charge in [0.1, 0.15) is 11.5 Å². The van der Waals surface area contributed by atoms with Crippen molar-refractivity contribution < 1.29 is 17.9 Å². The monoisotopic (exact) mass is 519 g/mol. The first-order valence-electron chi connectivity index (χ1n) is 12.9. The van der Waals surface area contributed by atoms with Crippen molar-refractivity contribution >= 4 is 27.3 Å². The van der Waals surface area contributed by atoms with Crippen LogP contribution in [0.3, 0.4) is 0 Å². The van der Waals surface area contributed by atoms with Crippen molar-refractivity contribution in [1.29, 1.82) is 0 Å². The van der Waals surface area contributed by atoms with Gasteiger partial charge in [0.25, 0.3) is 0 Å². The lowest BCUT2D eigenvalue weighted by Crippen LogP contribution is -2.32. The summed E-state index contributed by atoms with van der Waals surface area (Å²) < 4.78 is 36.1. The van der Waals surface area contributed by atoms with Crippen molar-refractivity contribution in [2.75, 3.05) is 29.9 Å². The van der Waals surface area contributed by atoms with E-state index in [0.717, 1.165) is 56.3 Å². The van der Waals surface area contributed by atoms with Gasteiger partial charge in [0.15, 0.2) is 0 Å². The maximum atomic E-state index is 13.8. The minimum atomic E-state index is -3.86. The molecule has 0 aromatic heterocycles. The van der Waals surface area contributed by atoms with Gasteiger partial charge in [-0.3, -0.25) is 4.79 Å². The number of fused-ring (bicyclic) bond motifs is 1. The zero-order valence-corrected chi connectivity index (χ0v) is 21.7. The molecule has 2 N–H and O–H groups in total. The molecule has 37 heavy (non-hydrogen) atoms. The fourth-order valence-corrected chi connectivity index (χ4v) is 6.69. The van der Waals surface area contributed by atoms with E-state index in [4.69, 9.17) is 4.74 Å². The number of carbonyl (C=O) groups is 1. The highest BCUT2D eigenvalue weighted by molar-refractivity contribution is 7.89. The number of hydrogen-bond acceptors (Lipinski definition) is 5. The van der Waals surface area contributed by atoms with E-state index in [1.807, 2.05) is 48.5 Å². The normalized spacial score (nSPS) is 17.4. The molecule has 1 aliphatic heterocycles. The number of carbonyl (C=O) groups excluding carboxylic acids is 1. The molecule has 8 heteroatoms. The third-order valence-corrected chi connectivity index (χ3v) is 8.49. The molecule has 0 radical (unpaired) electrons. The zero-order valence-electron chi connectivity index (χ0n) is 20.9. The Hall–Kier alpha value is -3.20. The van der Waals surface area contributed by atoms with Crippen LogP contribution >= 0.6 is 0 Å². The lowest BCUT2D eigenvalue weighted by atomic mass is 9.88. The summed E-state index contributed by atoms with van der Waals surface area (Å²) in [5.74, 6) is -0.331. The van der Waals surface area contributed by atoms with Crippen LogP contribution < -0.4 is 14.9 Å². The molecule has 7 nitrogen and oxygen atoms in total. The van der Waals surface area contributed by atoms with E-state index in [1.54, 1.807) is 18.2 Å². The number of aryl methyl sites for hydroxylation is 1. The van der Waals surface area contributed by atoms with E-state index in [1.165, 1.54) is 5.56 Å². The Labute approximate surface area is 218 Å². The molecule has 0 saturated carbocycles. The van der Waals surface area contributed by atoms with Gasteiger partial charge in [0.05, 0.1) is 12.3 Å². The SMILES string of the molecule is O=C(COCc1ccccc1)Nc1ccc(N2CCCC2)c(S(=O)(=O)NC2CCCc3ccccc32)c1. The topological polar surface area (TPSA) is 87.7 Å². The third-order valence-electron chi connectivity index (χ3n) is 6.99. The molecule has 0 spiro atoms. The lowest BCUT2D eigenvalue weighted by Gasteiger charge is -2.28. The molecule has 2 aliphatic rings. The number of nitrogens with one attached hydrogen (secondary N) is 2. The van der Waals surface area contributed by atoms with Crippen molar-refractivity contribution in [3.05, 3.63) is 89.5 Å². The van der Waals surface area contributed by atoms with Crippen molar-refractivity contribution in [3.8, 4) is 0 Å². The average Bonchev–Trinajstić information content (AvgIpc) is 3.44. The highest BCUT2D eigenvalue weighted by Crippen LogP contribution is 2.35. The van der Waals surface area contributed by atoms with Crippen LogP contribution in [0, 0.1) is 0 Å². The summed E-state index contributed by atoms with van der Waals surface area (Å²) in [6.45, 7) is 1.83. The van der Waals surface area contributed by atoms with Crippen LogP contribution in [0.2, 0.25) is 0 Å². The summed E-state index contributed by atoms with van der Waals surface area (Å²) in [5, 5.41) is 2.80. The molecule has 5 rings (SSSR count). The van der Waals surface area contributed by atoms with Gasteiger partial charge in [0.2, 0.25) is 15.9 Å². The number of benzene rings is 3. The first-order valence-corrected chi connectivity index (χ1v) is 14.4. The number of anilines is 2. The molecule has 1 atom stereocenters. The van der Waals surface area contributed by atoms with Gasteiger partial charge in [0, 0.05) is 24.8 Å². The fourth-order valence-electron chi connectivity index (χ4n) is 5.19. The van der Waals surface area contributed by atoms with E-state index in [2.05, 4.69) is 21.0 Å². The summed E-state index contributed by atoms with van der Waals surface area (Å²) >= 11 is 0. The Morgan fingerprint density at radius 2 is 1.70 bits per heavy atom. The minimum Gasteiger partial charge on any atom is -0.370 e. The second kappa shape index (κ2) is 11.5. The van der Waals surface area contributed by atoms with Gasteiger partial charge < -0.3 is 15.0 Å². The third kappa shape index (κ3) is 6.21. The maximum Gasteiger partial charge on any atom is 0.250 e.